The van der Waals surface area contributed by atoms with Crippen LogP contribution < -0.4 is 0 Å². The lowest BCUT2D eigenvalue weighted by Crippen LogP contribution is -2.01. The van der Waals surface area contributed by atoms with E-state index in [4.69, 9.17) is 9.84 Å². The van der Waals surface area contributed by atoms with Crippen LogP contribution in [-0.2, 0) is 9.53 Å². The van der Waals surface area contributed by atoms with E-state index in [0.29, 0.717) is 12.2 Å². The molecule has 0 radical (unpaired) electrons. The fourth-order valence-corrected chi connectivity index (χ4v) is 1.32. The van der Waals surface area contributed by atoms with Gasteiger partial charge in [0.1, 0.15) is 5.82 Å². The fourth-order valence-electron chi connectivity index (χ4n) is 1.32. The number of benzene rings is 1. The van der Waals surface area contributed by atoms with E-state index in [2.05, 4.69) is 0 Å². The first-order valence-corrected chi connectivity index (χ1v) is 5.39. The van der Waals surface area contributed by atoms with E-state index in [-0.39, 0.29) is 12.4 Å². The Morgan fingerprint density at radius 1 is 1.44 bits per heavy atom. The second-order valence-corrected chi connectivity index (χ2v) is 3.46. The molecule has 96 valence electrons. The van der Waals surface area contributed by atoms with Crippen LogP contribution in [0.4, 0.5) is 4.39 Å². The van der Waals surface area contributed by atoms with Gasteiger partial charge >= 0.3 is 11.9 Å². The zero-order valence-electron chi connectivity index (χ0n) is 9.85. The van der Waals surface area contributed by atoms with Gasteiger partial charge in [0.05, 0.1) is 18.6 Å². The maximum absolute atomic E-state index is 13.1. The maximum atomic E-state index is 13.1. The zero-order valence-corrected chi connectivity index (χ0v) is 9.85. The summed E-state index contributed by atoms with van der Waals surface area (Å²) in [4.78, 5) is 21.7. The van der Waals surface area contributed by atoms with Crippen molar-refractivity contribution in [1.82, 2.24) is 0 Å². The molecule has 0 fully saturated rings. The van der Waals surface area contributed by atoms with Crippen LogP contribution in [0.1, 0.15) is 29.3 Å². The lowest BCUT2D eigenvalue weighted by Gasteiger charge is -2.00. The molecule has 1 aromatic carbocycles. The summed E-state index contributed by atoms with van der Waals surface area (Å²) in [5.74, 6) is -2.48. The van der Waals surface area contributed by atoms with Crippen molar-refractivity contribution in [2.45, 2.75) is 13.3 Å². The molecule has 0 aliphatic heterocycles. The van der Waals surface area contributed by atoms with Crippen molar-refractivity contribution in [1.29, 1.82) is 0 Å². The lowest BCUT2D eigenvalue weighted by atomic mass is 10.1. The van der Waals surface area contributed by atoms with E-state index < -0.39 is 17.3 Å². The Kier molecular flexibility index (Phi) is 5.05. The molecule has 0 amide bonds. The van der Waals surface area contributed by atoms with Crippen LogP contribution in [0.2, 0.25) is 0 Å². The molecule has 0 unspecified atom stereocenters. The van der Waals surface area contributed by atoms with Crippen LogP contribution >= 0.6 is 0 Å². The normalized spacial score (nSPS) is 10.6. The Labute approximate surface area is 104 Å². The van der Waals surface area contributed by atoms with Gasteiger partial charge in [0.15, 0.2) is 0 Å². The number of ether oxygens (including phenoxy) is 1. The fraction of sp³-hybridized carbons (Fsp3) is 0.231. The Bertz CT molecular complexity index is 480. The van der Waals surface area contributed by atoms with Crippen molar-refractivity contribution in [2.24, 2.45) is 0 Å². The standard InChI is InChI=1S/C13H13FO4/c1-2-18-12(15)5-3-4-9-6-7-11(14)10(8-9)13(16)17/h3-4,6-8H,2,5H2,1H3,(H,16,17). The third-order valence-corrected chi connectivity index (χ3v) is 2.12. The van der Waals surface area contributed by atoms with E-state index >= 15 is 0 Å². The number of hydrogen-bond acceptors (Lipinski definition) is 3. The second kappa shape index (κ2) is 6.54. The Hall–Kier alpha value is -2.17. The number of carboxylic acids is 1. The zero-order chi connectivity index (χ0) is 13.5. The number of rotatable bonds is 5. The van der Waals surface area contributed by atoms with Crippen LogP contribution in [0, 0.1) is 5.82 Å². The summed E-state index contributed by atoms with van der Waals surface area (Å²) in [5.41, 5.74) is 0.117. The summed E-state index contributed by atoms with van der Waals surface area (Å²) < 4.78 is 17.8. The summed E-state index contributed by atoms with van der Waals surface area (Å²) in [6, 6.07) is 3.72. The number of aromatic carboxylic acids is 1. The molecular formula is C13H13FO4. The highest BCUT2D eigenvalue weighted by atomic mass is 19.1. The molecule has 0 atom stereocenters. The van der Waals surface area contributed by atoms with Gasteiger partial charge in [-0.05, 0) is 24.6 Å². The third kappa shape index (κ3) is 4.01. The van der Waals surface area contributed by atoms with Crippen molar-refractivity contribution in [3.8, 4) is 0 Å². The first kappa shape index (κ1) is 13.9. The van der Waals surface area contributed by atoms with Gasteiger partial charge < -0.3 is 9.84 Å². The summed E-state index contributed by atoms with van der Waals surface area (Å²) >= 11 is 0. The SMILES string of the molecule is CCOC(=O)CC=Cc1ccc(F)c(C(=O)O)c1. The molecule has 1 aromatic rings. The van der Waals surface area contributed by atoms with Crippen LogP contribution in [0.3, 0.4) is 0 Å². The molecule has 0 saturated heterocycles. The van der Waals surface area contributed by atoms with Crippen LogP contribution in [0.5, 0.6) is 0 Å². The van der Waals surface area contributed by atoms with Gasteiger partial charge in [0, 0.05) is 0 Å². The number of esters is 1. The Morgan fingerprint density at radius 2 is 2.17 bits per heavy atom. The monoisotopic (exact) mass is 252 g/mol. The first-order chi connectivity index (χ1) is 8.54. The van der Waals surface area contributed by atoms with Crippen LogP contribution in [0.15, 0.2) is 24.3 Å². The molecule has 0 aliphatic rings. The molecule has 4 nitrogen and oxygen atoms in total. The molecular weight excluding hydrogens is 239 g/mol. The van der Waals surface area contributed by atoms with Gasteiger partial charge in [-0.3, -0.25) is 4.79 Å². The smallest absolute Gasteiger partial charge is 0.338 e. The predicted molar refractivity (Wildman–Crippen MR) is 63.6 cm³/mol. The topological polar surface area (TPSA) is 63.6 Å². The van der Waals surface area contributed by atoms with Gasteiger partial charge in [0.25, 0.3) is 0 Å². The van der Waals surface area contributed by atoms with E-state index in [1.54, 1.807) is 13.0 Å². The highest BCUT2D eigenvalue weighted by Crippen LogP contribution is 2.12. The Morgan fingerprint density at radius 3 is 2.78 bits per heavy atom. The van der Waals surface area contributed by atoms with Gasteiger partial charge in [-0.1, -0.05) is 18.2 Å². The summed E-state index contributed by atoms with van der Waals surface area (Å²) in [5, 5.41) is 8.74. The number of halogens is 1. The number of carboxylic acid groups (broad SMARTS) is 1. The van der Waals surface area contributed by atoms with Gasteiger partial charge in [-0.25, -0.2) is 9.18 Å². The van der Waals surface area contributed by atoms with E-state index in [1.807, 2.05) is 0 Å². The molecule has 0 aliphatic carbocycles. The van der Waals surface area contributed by atoms with Gasteiger partial charge in [0.2, 0.25) is 0 Å². The predicted octanol–water partition coefficient (Wildman–Crippen LogP) is 2.49. The summed E-state index contributed by atoms with van der Waals surface area (Å²) in [7, 11) is 0. The number of hydrogen-bond donors (Lipinski definition) is 1. The molecule has 1 rings (SSSR count). The Balaban J connectivity index is 2.73. The lowest BCUT2D eigenvalue weighted by molar-refractivity contribution is -0.142. The molecule has 0 aromatic heterocycles. The minimum absolute atomic E-state index is 0.0909. The average molecular weight is 252 g/mol. The molecule has 5 heteroatoms. The van der Waals surface area contributed by atoms with Crippen LogP contribution in [-0.4, -0.2) is 23.7 Å². The maximum Gasteiger partial charge on any atom is 0.338 e. The molecule has 18 heavy (non-hydrogen) atoms. The van der Waals surface area contributed by atoms with Crippen molar-refractivity contribution in [2.75, 3.05) is 6.61 Å². The quantitative estimate of drug-likeness (QED) is 0.818. The summed E-state index contributed by atoms with van der Waals surface area (Å²) in [6.07, 6.45) is 3.17. The van der Waals surface area contributed by atoms with Crippen molar-refractivity contribution in [3.05, 3.63) is 41.2 Å². The van der Waals surface area contributed by atoms with Crippen molar-refractivity contribution < 1.29 is 23.8 Å². The second-order valence-electron chi connectivity index (χ2n) is 3.46. The van der Waals surface area contributed by atoms with Gasteiger partial charge in [-0.2, -0.15) is 0 Å². The molecule has 0 saturated carbocycles. The van der Waals surface area contributed by atoms with E-state index in [1.165, 1.54) is 18.2 Å². The highest BCUT2D eigenvalue weighted by molar-refractivity contribution is 5.88. The van der Waals surface area contributed by atoms with E-state index in [0.717, 1.165) is 6.07 Å². The first-order valence-electron chi connectivity index (χ1n) is 5.39. The molecule has 1 N–H and O–H groups in total. The minimum atomic E-state index is -1.33. The molecule has 0 heterocycles. The van der Waals surface area contributed by atoms with Crippen molar-refractivity contribution in [3.63, 3.8) is 0 Å². The number of carbonyl (C=O) groups excluding carboxylic acids is 1. The average Bonchev–Trinajstić information content (AvgIpc) is 2.31. The molecule has 0 bridgehead atoms. The summed E-state index contributed by atoms with van der Waals surface area (Å²) in [6.45, 7) is 2.02. The van der Waals surface area contributed by atoms with E-state index in [9.17, 15) is 14.0 Å². The van der Waals surface area contributed by atoms with Gasteiger partial charge in [-0.15, -0.1) is 0 Å². The minimum Gasteiger partial charge on any atom is -0.478 e. The highest BCUT2D eigenvalue weighted by Gasteiger charge is 2.09. The number of carbonyl (C=O) groups is 2. The molecule has 0 spiro atoms. The van der Waals surface area contributed by atoms with Crippen molar-refractivity contribution >= 4 is 18.0 Å². The third-order valence-electron chi connectivity index (χ3n) is 2.12. The largest absolute Gasteiger partial charge is 0.478 e. The van der Waals surface area contributed by atoms with Crippen LogP contribution in [0.25, 0.3) is 6.08 Å².